The van der Waals surface area contributed by atoms with Crippen LogP contribution >= 0.6 is 23.4 Å². The molecule has 15 heavy (non-hydrogen) atoms. The molecule has 5 heteroatoms. The van der Waals surface area contributed by atoms with E-state index in [-0.39, 0.29) is 0 Å². The molecule has 0 saturated carbocycles. The molecule has 2 heterocycles. The summed E-state index contributed by atoms with van der Waals surface area (Å²) in [5.74, 6) is 2.09. The normalized spacial score (nSPS) is 26.7. The number of rotatable bonds is 1. The third kappa shape index (κ3) is 2.37. The van der Waals surface area contributed by atoms with Crippen LogP contribution in [0.1, 0.15) is 13.8 Å². The predicted octanol–water partition coefficient (Wildman–Crippen LogP) is 2.46. The zero-order chi connectivity index (χ0) is 10.8. The van der Waals surface area contributed by atoms with Crippen molar-refractivity contribution in [1.29, 1.82) is 0 Å². The van der Waals surface area contributed by atoms with Gasteiger partial charge in [0.1, 0.15) is 17.3 Å². The SMILES string of the molecule is CC1SCCN(c2cc(Cl)ncn2)C1C. The van der Waals surface area contributed by atoms with Crippen LogP contribution in [0.25, 0.3) is 0 Å². The second kappa shape index (κ2) is 4.58. The van der Waals surface area contributed by atoms with Gasteiger partial charge in [-0.3, -0.25) is 0 Å². The fourth-order valence-electron chi connectivity index (χ4n) is 1.74. The van der Waals surface area contributed by atoms with Crippen LogP contribution in [0, 0.1) is 0 Å². The molecule has 0 bridgehead atoms. The van der Waals surface area contributed by atoms with Gasteiger partial charge in [-0.25, -0.2) is 9.97 Å². The van der Waals surface area contributed by atoms with Crippen molar-refractivity contribution in [1.82, 2.24) is 9.97 Å². The van der Waals surface area contributed by atoms with Crippen LogP contribution in [0.3, 0.4) is 0 Å². The van der Waals surface area contributed by atoms with Crippen LogP contribution in [0.15, 0.2) is 12.4 Å². The molecule has 0 amide bonds. The smallest absolute Gasteiger partial charge is 0.134 e. The number of nitrogens with zero attached hydrogens (tertiary/aromatic N) is 3. The first-order valence-electron chi connectivity index (χ1n) is 5.04. The van der Waals surface area contributed by atoms with Crippen molar-refractivity contribution < 1.29 is 0 Å². The van der Waals surface area contributed by atoms with Crippen LogP contribution in [0.5, 0.6) is 0 Å². The molecule has 0 aromatic carbocycles. The maximum Gasteiger partial charge on any atom is 0.134 e. The highest BCUT2D eigenvalue weighted by atomic mass is 35.5. The number of thioether (sulfide) groups is 1. The van der Waals surface area contributed by atoms with Gasteiger partial charge >= 0.3 is 0 Å². The Labute approximate surface area is 99.2 Å². The summed E-state index contributed by atoms with van der Waals surface area (Å²) in [6.45, 7) is 5.51. The molecular weight excluding hydrogens is 230 g/mol. The first-order chi connectivity index (χ1) is 7.18. The Morgan fingerprint density at radius 3 is 3.00 bits per heavy atom. The maximum absolute atomic E-state index is 5.87. The lowest BCUT2D eigenvalue weighted by atomic mass is 10.2. The zero-order valence-electron chi connectivity index (χ0n) is 8.85. The van der Waals surface area contributed by atoms with E-state index < -0.39 is 0 Å². The Morgan fingerprint density at radius 2 is 2.27 bits per heavy atom. The maximum atomic E-state index is 5.87. The summed E-state index contributed by atoms with van der Waals surface area (Å²) in [5, 5.41) is 1.14. The number of aromatic nitrogens is 2. The number of anilines is 1. The summed E-state index contributed by atoms with van der Waals surface area (Å²) in [7, 11) is 0. The molecule has 2 rings (SSSR count). The van der Waals surface area contributed by atoms with Crippen molar-refractivity contribution in [2.45, 2.75) is 25.1 Å². The van der Waals surface area contributed by atoms with E-state index in [1.54, 1.807) is 0 Å². The van der Waals surface area contributed by atoms with Crippen LogP contribution in [0.4, 0.5) is 5.82 Å². The summed E-state index contributed by atoms with van der Waals surface area (Å²) >= 11 is 7.88. The van der Waals surface area contributed by atoms with Gasteiger partial charge in [-0.05, 0) is 6.92 Å². The van der Waals surface area contributed by atoms with Crippen molar-refractivity contribution in [2.75, 3.05) is 17.2 Å². The van der Waals surface area contributed by atoms with Gasteiger partial charge in [-0.15, -0.1) is 0 Å². The molecule has 0 aliphatic carbocycles. The van der Waals surface area contributed by atoms with Gasteiger partial charge in [0.05, 0.1) is 0 Å². The average Bonchev–Trinajstić information content (AvgIpc) is 2.22. The highest BCUT2D eigenvalue weighted by Gasteiger charge is 2.26. The molecule has 2 atom stereocenters. The molecular formula is C10H14ClN3S. The molecule has 1 saturated heterocycles. The predicted molar refractivity (Wildman–Crippen MR) is 65.8 cm³/mol. The van der Waals surface area contributed by atoms with Gasteiger partial charge in [0.15, 0.2) is 0 Å². The van der Waals surface area contributed by atoms with E-state index in [0.717, 1.165) is 18.1 Å². The summed E-state index contributed by atoms with van der Waals surface area (Å²) in [6, 6.07) is 2.33. The fourth-order valence-corrected chi connectivity index (χ4v) is 2.98. The zero-order valence-corrected chi connectivity index (χ0v) is 10.4. The van der Waals surface area contributed by atoms with Gasteiger partial charge in [-0.2, -0.15) is 11.8 Å². The molecule has 1 aromatic rings. The molecule has 1 aromatic heterocycles. The van der Waals surface area contributed by atoms with Gasteiger partial charge in [0, 0.05) is 29.7 Å². The van der Waals surface area contributed by atoms with E-state index in [0.29, 0.717) is 16.4 Å². The molecule has 2 unspecified atom stereocenters. The summed E-state index contributed by atoms with van der Waals surface area (Å²) in [5.41, 5.74) is 0. The van der Waals surface area contributed by atoms with Crippen molar-refractivity contribution in [3.05, 3.63) is 17.5 Å². The van der Waals surface area contributed by atoms with Crippen LogP contribution < -0.4 is 4.90 Å². The lowest BCUT2D eigenvalue weighted by Gasteiger charge is -2.38. The lowest BCUT2D eigenvalue weighted by molar-refractivity contribution is 0.619. The minimum Gasteiger partial charge on any atom is -0.352 e. The lowest BCUT2D eigenvalue weighted by Crippen LogP contribution is -2.45. The van der Waals surface area contributed by atoms with Crippen LogP contribution in [0.2, 0.25) is 5.15 Å². The molecule has 0 spiro atoms. The highest BCUT2D eigenvalue weighted by Crippen LogP contribution is 2.28. The van der Waals surface area contributed by atoms with Gasteiger partial charge in [0.2, 0.25) is 0 Å². The van der Waals surface area contributed by atoms with Gasteiger partial charge in [0.25, 0.3) is 0 Å². The third-order valence-corrected chi connectivity index (χ3v) is 4.34. The van der Waals surface area contributed by atoms with Crippen molar-refractivity contribution in [3.63, 3.8) is 0 Å². The molecule has 82 valence electrons. The summed E-state index contributed by atoms with van der Waals surface area (Å²) in [4.78, 5) is 10.5. The van der Waals surface area contributed by atoms with Crippen LogP contribution in [-0.4, -0.2) is 33.6 Å². The van der Waals surface area contributed by atoms with E-state index in [1.807, 2.05) is 17.8 Å². The Morgan fingerprint density at radius 1 is 1.47 bits per heavy atom. The first-order valence-corrected chi connectivity index (χ1v) is 6.47. The van der Waals surface area contributed by atoms with Crippen molar-refractivity contribution in [2.24, 2.45) is 0 Å². The summed E-state index contributed by atoms with van der Waals surface area (Å²) in [6.07, 6.45) is 1.52. The second-order valence-electron chi connectivity index (χ2n) is 3.71. The van der Waals surface area contributed by atoms with E-state index in [4.69, 9.17) is 11.6 Å². The van der Waals surface area contributed by atoms with Gasteiger partial charge in [-0.1, -0.05) is 18.5 Å². The van der Waals surface area contributed by atoms with E-state index in [9.17, 15) is 0 Å². The molecule has 1 aliphatic heterocycles. The van der Waals surface area contributed by atoms with Crippen molar-refractivity contribution >= 4 is 29.2 Å². The summed E-state index contributed by atoms with van der Waals surface area (Å²) < 4.78 is 0. The Bertz CT molecular complexity index is 347. The minimum absolute atomic E-state index is 0.495. The quantitative estimate of drug-likeness (QED) is 0.709. The highest BCUT2D eigenvalue weighted by molar-refractivity contribution is 8.00. The second-order valence-corrected chi connectivity index (χ2v) is 5.58. The number of halogens is 1. The molecule has 0 radical (unpaired) electrons. The van der Waals surface area contributed by atoms with E-state index in [1.165, 1.54) is 6.33 Å². The largest absolute Gasteiger partial charge is 0.352 e. The molecule has 1 aliphatic rings. The first kappa shape index (κ1) is 11.0. The Kier molecular flexibility index (Phi) is 3.36. The van der Waals surface area contributed by atoms with Crippen LogP contribution in [-0.2, 0) is 0 Å². The molecule has 3 nitrogen and oxygen atoms in total. The fraction of sp³-hybridized carbons (Fsp3) is 0.600. The van der Waals surface area contributed by atoms with Crippen molar-refractivity contribution in [3.8, 4) is 0 Å². The Balaban J connectivity index is 2.22. The molecule has 0 N–H and O–H groups in total. The van der Waals surface area contributed by atoms with E-state index in [2.05, 4.69) is 28.7 Å². The Hall–Kier alpha value is -0.480. The van der Waals surface area contributed by atoms with Gasteiger partial charge < -0.3 is 4.90 Å². The minimum atomic E-state index is 0.495. The monoisotopic (exact) mass is 243 g/mol. The average molecular weight is 244 g/mol. The topological polar surface area (TPSA) is 29.0 Å². The third-order valence-electron chi connectivity index (χ3n) is 2.80. The molecule has 1 fully saturated rings. The van der Waals surface area contributed by atoms with E-state index >= 15 is 0 Å². The number of hydrogen-bond donors (Lipinski definition) is 0. The number of hydrogen-bond acceptors (Lipinski definition) is 4. The standard InChI is InChI=1S/C10H14ClN3S/c1-7-8(2)15-4-3-14(7)10-5-9(11)12-6-13-10/h5-8H,3-4H2,1-2H3.